The zero-order chi connectivity index (χ0) is 12.1. The second kappa shape index (κ2) is 6.67. The highest BCUT2D eigenvalue weighted by atomic mass is 35.5. The molecule has 1 heterocycles. The van der Waals surface area contributed by atoms with E-state index in [0.717, 1.165) is 25.5 Å². The first-order valence-corrected chi connectivity index (χ1v) is 7.87. The van der Waals surface area contributed by atoms with Gasteiger partial charge in [-0.15, -0.1) is 23.4 Å². The van der Waals surface area contributed by atoms with Crippen molar-refractivity contribution in [2.75, 3.05) is 31.3 Å². The SMILES string of the molecule is CCCN(CCCl)CC1CSc2ccccc21. The van der Waals surface area contributed by atoms with Gasteiger partial charge in [0.1, 0.15) is 0 Å². The van der Waals surface area contributed by atoms with E-state index in [9.17, 15) is 0 Å². The quantitative estimate of drug-likeness (QED) is 0.722. The fourth-order valence-corrected chi connectivity index (χ4v) is 3.90. The number of nitrogens with zero attached hydrogens (tertiary/aromatic N) is 1. The van der Waals surface area contributed by atoms with Gasteiger partial charge in [-0.05, 0) is 24.6 Å². The van der Waals surface area contributed by atoms with Crippen LogP contribution in [0.5, 0.6) is 0 Å². The Morgan fingerprint density at radius 2 is 2.18 bits per heavy atom. The van der Waals surface area contributed by atoms with E-state index >= 15 is 0 Å². The molecule has 1 atom stereocenters. The van der Waals surface area contributed by atoms with Crippen LogP contribution in [-0.2, 0) is 0 Å². The number of halogens is 1. The molecule has 17 heavy (non-hydrogen) atoms. The van der Waals surface area contributed by atoms with E-state index in [4.69, 9.17) is 11.6 Å². The first kappa shape index (κ1) is 13.3. The molecule has 0 fully saturated rings. The van der Waals surface area contributed by atoms with E-state index < -0.39 is 0 Å². The lowest BCUT2D eigenvalue weighted by Gasteiger charge is -2.24. The molecular formula is C14H20ClNS. The normalized spacial score (nSPS) is 18.6. The number of rotatable bonds is 6. The monoisotopic (exact) mass is 269 g/mol. The lowest BCUT2D eigenvalue weighted by Crippen LogP contribution is -2.31. The van der Waals surface area contributed by atoms with E-state index in [1.807, 2.05) is 11.8 Å². The van der Waals surface area contributed by atoms with Gasteiger partial charge in [0.2, 0.25) is 0 Å². The summed E-state index contributed by atoms with van der Waals surface area (Å²) in [5.74, 6) is 2.65. The predicted molar refractivity (Wildman–Crippen MR) is 77.4 cm³/mol. The van der Waals surface area contributed by atoms with Crippen LogP contribution in [0.1, 0.15) is 24.8 Å². The number of benzene rings is 1. The molecule has 0 bridgehead atoms. The summed E-state index contributed by atoms with van der Waals surface area (Å²) in [5, 5.41) is 0. The molecule has 0 saturated carbocycles. The highest BCUT2D eigenvalue weighted by molar-refractivity contribution is 7.99. The number of fused-ring (bicyclic) bond motifs is 1. The van der Waals surface area contributed by atoms with Crippen LogP contribution in [0.2, 0.25) is 0 Å². The third kappa shape index (κ3) is 3.40. The van der Waals surface area contributed by atoms with E-state index in [-0.39, 0.29) is 0 Å². The van der Waals surface area contributed by atoms with Crippen molar-refractivity contribution in [1.29, 1.82) is 0 Å². The van der Waals surface area contributed by atoms with Crippen molar-refractivity contribution >= 4 is 23.4 Å². The minimum Gasteiger partial charge on any atom is -0.302 e. The summed E-state index contributed by atoms with van der Waals surface area (Å²) >= 11 is 7.87. The predicted octanol–water partition coefficient (Wildman–Crippen LogP) is 3.83. The number of hydrogen-bond acceptors (Lipinski definition) is 2. The van der Waals surface area contributed by atoms with Crippen LogP contribution in [-0.4, -0.2) is 36.2 Å². The lowest BCUT2D eigenvalue weighted by atomic mass is 10.0. The second-order valence-corrected chi connectivity index (χ2v) is 5.98. The molecule has 0 spiro atoms. The second-order valence-electron chi connectivity index (χ2n) is 4.54. The molecule has 1 nitrogen and oxygen atoms in total. The van der Waals surface area contributed by atoms with Gasteiger partial charge in [-0.1, -0.05) is 25.1 Å². The molecule has 0 aliphatic carbocycles. The third-order valence-corrected chi connectivity index (χ3v) is 4.64. The van der Waals surface area contributed by atoms with Crippen molar-refractivity contribution < 1.29 is 0 Å². The van der Waals surface area contributed by atoms with Gasteiger partial charge >= 0.3 is 0 Å². The molecule has 1 aromatic rings. The van der Waals surface area contributed by atoms with Gasteiger partial charge in [0.05, 0.1) is 0 Å². The van der Waals surface area contributed by atoms with E-state index in [0.29, 0.717) is 5.92 Å². The Labute approximate surface area is 114 Å². The van der Waals surface area contributed by atoms with Crippen molar-refractivity contribution in [1.82, 2.24) is 4.90 Å². The minimum atomic E-state index is 0.686. The van der Waals surface area contributed by atoms with Gasteiger partial charge < -0.3 is 4.90 Å². The average molecular weight is 270 g/mol. The van der Waals surface area contributed by atoms with Crippen LogP contribution in [0, 0.1) is 0 Å². The molecule has 1 aliphatic heterocycles. The third-order valence-electron chi connectivity index (χ3n) is 3.22. The molecule has 3 heteroatoms. The van der Waals surface area contributed by atoms with Crippen molar-refractivity contribution in [3.63, 3.8) is 0 Å². The summed E-state index contributed by atoms with van der Waals surface area (Å²) in [4.78, 5) is 3.97. The van der Waals surface area contributed by atoms with Crippen LogP contribution in [0.4, 0.5) is 0 Å². The molecule has 0 N–H and O–H groups in total. The summed E-state index contributed by atoms with van der Waals surface area (Å²) < 4.78 is 0. The smallest absolute Gasteiger partial charge is 0.0351 e. The maximum absolute atomic E-state index is 5.87. The van der Waals surface area contributed by atoms with Crippen molar-refractivity contribution in [3.8, 4) is 0 Å². The molecule has 1 aliphatic rings. The largest absolute Gasteiger partial charge is 0.302 e. The van der Waals surface area contributed by atoms with E-state index in [2.05, 4.69) is 36.1 Å². The van der Waals surface area contributed by atoms with Crippen LogP contribution in [0.3, 0.4) is 0 Å². The number of thioether (sulfide) groups is 1. The lowest BCUT2D eigenvalue weighted by molar-refractivity contribution is 0.278. The van der Waals surface area contributed by atoms with Gasteiger partial charge in [0.25, 0.3) is 0 Å². The Kier molecular flexibility index (Phi) is 5.20. The van der Waals surface area contributed by atoms with E-state index in [1.165, 1.54) is 22.6 Å². The van der Waals surface area contributed by atoms with Crippen LogP contribution in [0.25, 0.3) is 0 Å². The van der Waals surface area contributed by atoms with Crippen LogP contribution in [0.15, 0.2) is 29.2 Å². The highest BCUT2D eigenvalue weighted by Gasteiger charge is 2.24. The maximum Gasteiger partial charge on any atom is 0.0351 e. The molecule has 0 radical (unpaired) electrons. The Morgan fingerprint density at radius 3 is 2.94 bits per heavy atom. The van der Waals surface area contributed by atoms with Crippen molar-refractivity contribution in [2.24, 2.45) is 0 Å². The fraction of sp³-hybridized carbons (Fsp3) is 0.571. The highest BCUT2D eigenvalue weighted by Crippen LogP contribution is 2.39. The van der Waals surface area contributed by atoms with Gasteiger partial charge in [0.15, 0.2) is 0 Å². The Balaban J connectivity index is 1.99. The molecular weight excluding hydrogens is 250 g/mol. The molecule has 0 aromatic heterocycles. The molecule has 94 valence electrons. The molecule has 1 unspecified atom stereocenters. The van der Waals surface area contributed by atoms with Crippen molar-refractivity contribution in [3.05, 3.63) is 29.8 Å². The van der Waals surface area contributed by atoms with Crippen LogP contribution < -0.4 is 0 Å². The molecule has 0 amide bonds. The summed E-state index contributed by atoms with van der Waals surface area (Å²) in [6, 6.07) is 8.82. The molecule has 1 aromatic carbocycles. The Hall–Kier alpha value is -0.180. The summed E-state index contributed by atoms with van der Waals surface area (Å²) in [6.07, 6.45) is 1.21. The fourth-order valence-electron chi connectivity index (χ4n) is 2.42. The zero-order valence-corrected chi connectivity index (χ0v) is 11.9. The Morgan fingerprint density at radius 1 is 1.35 bits per heavy atom. The standard InChI is InChI=1S/C14H20ClNS/c1-2-8-16(9-7-15)10-12-11-17-14-6-4-3-5-13(12)14/h3-6,12H,2,7-11H2,1H3. The number of hydrogen-bond donors (Lipinski definition) is 0. The van der Waals surface area contributed by atoms with Gasteiger partial charge in [0, 0.05) is 35.5 Å². The minimum absolute atomic E-state index is 0.686. The van der Waals surface area contributed by atoms with Gasteiger partial charge in [-0.3, -0.25) is 0 Å². The topological polar surface area (TPSA) is 3.24 Å². The van der Waals surface area contributed by atoms with Crippen LogP contribution >= 0.6 is 23.4 Å². The molecule has 2 rings (SSSR count). The average Bonchev–Trinajstić information content (AvgIpc) is 2.74. The zero-order valence-electron chi connectivity index (χ0n) is 10.4. The van der Waals surface area contributed by atoms with Gasteiger partial charge in [-0.2, -0.15) is 0 Å². The summed E-state index contributed by atoms with van der Waals surface area (Å²) in [6.45, 7) is 5.57. The molecule has 0 saturated heterocycles. The van der Waals surface area contributed by atoms with E-state index in [1.54, 1.807) is 0 Å². The first-order chi connectivity index (χ1) is 8.35. The van der Waals surface area contributed by atoms with Crippen molar-refractivity contribution in [2.45, 2.75) is 24.2 Å². The number of alkyl halides is 1. The summed E-state index contributed by atoms with van der Waals surface area (Å²) in [5.41, 5.74) is 1.54. The van der Waals surface area contributed by atoms with Gasteiger partial charge in [-0.25, -0.2) is 0 Å². The Bertz CT molecular complexity index is 350. The summed E-state index contributed by atoms with van der Waals surface area (Å²) in [7, 11) is 0. The maximum atomic E-state index is 5.87. The first-order valence-electron chi connectivity index (χ1n) is 6.35.